The molecule has 1 aliphatic carbocycles. The molecule has 0 spiro atoms. The van der Waals surface area contributed by atoms with Crippen molar-refractivity contribution in [3.63, 3.8) is 0 Å². The zero-order chi connectivity index (χ0) is 10.8. The second-order valence-corrected chi connectivity index (χ2v) is 6.53. The van der Waals surface area contributed by atoms with Crippen LogP contribution in [-0.4, -0.2) is 23.9 Å². The molecule has 2 nitrogen and oxygen atoms in total. The van der Waals surface area contributed by atoms with Crippen LogP contribution < -0.4 is 0 Å². The minimum absolute atomic E-state index is 0.00984. The van der Waals surface area contributed by atoms with Gasteiger partial charge in [0.15, 0.2) is 0 Å². The van der Waals surface area contributed by atoms with E-state index in [1.165, 1.54) is 19.3 Å². The minimum Gasteiger partial charge on any atom is -0.369 e. The maximum Gasteiger partial charge on any atom is 0.113 e. The third kappa shape index (κ3) is 1.31. The van der Waals surface area contributed by atoms with Crippen LogP contribution in [0.4, 0.5) is 0 Å². The summed E-state index contributed by atoms with van der Waals surface area (Å²) in [6.45, 7) is 9.24. The van der Waals surface area contributed by atoms with Crippen LogP contribution in [0.2, 0.25) is 0 Å². The van der Waals surface area contributed by atoms with Crippen molar-refractivity contribution in [3.05, 3.63) is 0 Å². The lowest BCUT2D eigenvalue weighted by atomic mass is 9.59. The summed E-state index contributed by atoms with van der Waals surface area (Å²) in [4.78, 5) is 0. The van der Waals surface area contributed by atoms with Crippen molar-refractivity contribution >= 4 is 0 Å². The SMILES string of the molecule is CC1CCC2C(C)(C)CC3OC3C2(C)O1. The second kappa shape index (κ2) is 2.78. The van der Waals surface area contributed by atoms with Crippen LogP contribution in [0.25, 0.3) is 0 Å². The molecule has 0 N–H and O–H groups in total. The topological polar surface area (TPSA) is 21.8 Å². The highest BCUT2D eigenvalue weighted by molar-refractivity contribution is 5.14. The molecule has 3 aliphatic rings. The van der Waals surface area contributed by atoms with Gasteiger partial charge >= 0.3 is 0 Å². The fourth-order valence-electron chi connectivity index (χ4n) is 4.16. The predicted molar refractivity (Wildman–Crippen MR) is 58.7 cm³/mol. The van der Waals surface area contributed by atoms with Crippen LogP contribution in [-0.2, 0) is 9.47 Å². The van der Waals surface area contributed by atoms with Crippen molar-refractivity contribution in [1.82, 2.24) is 0 Å². The Morgan fingerprint density at radius 2 is 1.87 bits per heavy atom. The molecule has 0 aromatic carbocycles. The van der Waals surface area contributed by atoms with Gasteiger partial charge in [0.05, 0.1) is 17.8 Å². The maximum atomic E-state index is 6.24. The highest BCUT2D eigenvalue weighted by Gasteiger charge is 2.66. The van der Waals surface area contributed by atoms with Crippen LogP contribution in [0, 0.1) is 11.3 Å². The van der Waals surface area contributed by atoms with Crippen LogP contribution in [0.3, 0.4) is 0 Å². The smallest absolute Gasteiger partial charge is 0.113 e. The summed E-state index contributed by atoms with van der Waals surface area (Å²) in [5, 5.41) is 0. The quantitative estimate of drug-likeness (QED) is 0.573. The Labute approximate surface area is 92.3 Å². The lowest BCUT2D eigenvalue weighted by molar-refractivity contribution is -0.189. The Balaban J connectivity index is 1.94. The Morgan fingerprint density at radius 1 is 1.13 bits per heavy atom. The molecular formula is C13H22O2. The molecule has 2 saturated heterocycles. The first-order valence-electron chi connectivity index (χ1n) is 6.27. The zero-order valence-corrected chi connectivity index (χ0v) is 10.2. The zero-order valence-electron chi connectivity index (χ0n) is 10.2. The van der Waals surface area contributed by atoms with Crippen molar-refractivity contribution in [2.45, 2.75) is 70.9 Å². The molecule has 2 heterocycles. The van der Waals surface area contributed by atoms with Crippen molar-refractivity contribution in [1.29, 1.82) is 0 Å². The van der Waals surface area contributed by atoms with Gasteiger partial charge in [-0.15, -0.1) is 0 Å². The number of epoxide rings is 1. The molecule has 1 saturated carbocycles. The fraction of sp³-hybridized carbons (Fsp3) is 1.00. The molecule has 2 heteroatoms. The summed E-state index contributed by atoms with van der Waals surface area (Å²) >= 11 is 0. The Bertz CT molecular complexity index is 286. The van der Waals surface area contributed by atoms with Gasteiger partial charge < -0.3 is 9.47 Å². The van der Waals surface area contributed by atoms with Crippen molar-refractivity contribution in [2.75, 3.05) is 0 Å². The van der Waals surface area contributed by atoms with Gasteiger partial charge in [-0.3, -0.25) is 0 Å². The molecule has 0 bridgehead atoms. The number of ether oxygens (including phenoxy) is 2. The van der Waals surface area contributed by atoms with E-state index in [9.17, 15) is 0 Å². The standard InChI is InChI=1S/C13H22O2/c1-8-5-6-10-12(2,3)7-9-11(14-9)13(10,4)15-8/h8-11H,5-7H2,1-4H3. The van der Waals surface area contributed by atoms with Crippen molar-refractivity contribution in [3.8, 4) is 0 Å². The summed E-state index contributed by atoms with van der Waals surface area (Å²) in [5.41, 5.74) is 0.372. The average Bonchev–Trinajstić information content (AvgIpc) is 2.81. The molecule has 5 unspecified atom stereocenters. The first-order valence-corrected chi connectivity index (χ1v) is 6.27. The number of hydrogen-bond donors (Lipinski definition) is 0. The molecule has 0 radical (unpaired) electrons. The van der Waals surface area contributed by atoms with E-state index in [4.69, 9.17) is 9.47 Å². The number of hydrogen-bond acceptors (Lipinski definition) is 2. The molecule has 15 heavy (non-hydrogen) atoms. The summed E-state index contributed by atoms with van der Waals surface area (Å²) < 4.78 is 12.1. The van der Waals surface area contributed by atoms with Gasteiger partial charge in [0.2, 0.25) is 0 Å². The van der Waals surface area contributed by atoms with Gasteiger partial charge in [-0.05, 0) is 44.4 Å². The molecule has 3 rings (SSSR count). The van der Waals surface area contributed by atoms with E-state index < -0.39 is 0 Å². The van der Waals surface area contributed by atoms with Crippen molar-refractivity contribution < 1.29 is 9.47 Å². The first kappa shape index (κ1) is 10.1. The first-order chi connectivity index (χ1) is 6.93. The highest BCUT2D eigenvalue weighted by atomic mass is 16.6. The molecule has 0 aromatic rings. The number of rotatable bonds is 0. The van der Waals surface area contributed by atoms with Crippen LogP contribution in [0.5, 0.6) is 0 Å². The summed E-state index contributed by atoms with van der Waals surface area (Å²) in [6, 6.07) is 0. The fourth-order valence-corrected chi connectivity index (χ4v) is 4.16. The van der Waals surface area contributed by atoms with Gasteiger partial charge in [-0.1, -0.05) is 13.8 Å². The van der Waals surface area contributed by atoms with Gasteiger partial charge in [0.1, 0.15) is 6.10 Å². The van der Waals surface area contributed by atoms with E-state index in [0.717, 1.165) is 0 Å². The largest absolute Gasteiger partial charge is 0.369 e. The molecular weight excluding hydrogens is 188 g/mol. The van der Waals surface area contributed by atoms with E-state index in [1.54, 1.807) is 0 Å². The van der Waals surface area contributed by atoms with E-state index in [2.05, 4.69) is 27.7 Å². The van der Waals surface area contributed by atoms with Crippen LogP contribution in [0.1, 0.15) is 47.0 Å². The third-order valence-electron chi connectivity index (χ3n) is 4.83. The summed E-state index contributed by atoms with van der Waals surface area (Å²) in [5.74, 6) is 0.671. The average molecular weight is 210 g/mol. The highest BCUT2D eigenvalue weighted by Crippen LogP contribution is 2.59. The van der Waals surface area contributed by atoms with E-state index in [-0.39, 0.29) is 5.60 Å². The monoisotopic (exact) mass is 210 g/mol. The maximum absolute atomic E-state index is 6.24. The lowest BCUT2D eigenvalue weighted by Gasteiger charge is -2.52. The Morgan fingerprint density at radius 3 is 2.60 bits per heavy atom. The third-order valence-corrected chi connectivity index (χ3v) is 4.83. The number of fused-ring (bicyclic) bond motifs is 3. The van der Waals surface area contributed by atoms with Gasteiger partial charge in [-0.2, -0.15) is 0 Å². The molecule has 0 amide bonds. The van der Waals surface area contributed by atoms with Gasteiger partial charge in [0, 0.05) is 0 Å². The molecule has 0 aromatic heterocycles. The molecule has 3 fully saturated rings. The summed E-state index contributed by atoms with van der Waals surface area (Å²) in [7, 11) is 0. The van der Waals surface area contributed by atoms with Crippen LogP contribution >= 0.6 is 0 Å². The van der Waals surface area contributed by atoms with Gasteiger partial charge in [-0.25, -0.2) is 0 Å². The van der Waals surface area contributed by atoms with E-state index >= 15 is 0 Å². The van der Waals surface area contributed by atoms with E-state index in [1.807, 2.05) is 0 Å². The normalized spacial score (nSPS) is 56.8. The lowest BCUT2D eigenvalue weighted by Crippen LogP contribution is -2.57. The Hall–Kier alpha value is -0.0800. The molecule has 5 atom stereocenters. The van der Waals surface area contributed by atoms with Crippen molar-refractivity contribution in [2.24, 2.45) is 11.3 Å². The predicted octanol–water partition coefficient (Wildman–Crippen LogP) is 2.76. The molecule has 86 valence electrons. The van der Waals surface area contributed by atoms with E-state index in [0.29, 0.717) is 29.6 Å². The minimum atomic E-state index is -0.00984. The molecule has 2 aliphatic heterocycles. The van der Waals surface area contributed by atoms with Crippen LogP contribution in [0.15, 0.2) is 0 Å². The second-order valence-electron chi connectivity index (χ2n) is 6.53. The van der Waals surface area contributed by atoms with Gasteiger partial charge in [0.25, 0.3) is 0 Å². The Kier molecular flexibility index (Phi) is 1.87. The summed E-state index contributed by atoms with van der Waals surface area (Å²) in [6.07, 6.45) is 5.00.